The number of thiazole rings is 1. The number of hydrogen-bond acceptors (Lipinski definition) is 5. The minimum absolute atomic E-state index is 0.116. The second-order valence-corrected chi connectivity index (χ2v) is 5.47. The van der Waals surface area contributed by atoms with Crippen molar-refractivity contribution in [2.24, 2.45) is 0 Å². The smallest absolute Gasteiger partial charge is 0.262 e. The molecule has 1 aromatic carbocycles. The summed E-state index contributed by atoms with van der Waals surface area (Å²) < 4.78 is 1.70. The van der Waals surface area contributed by atoms with E-state index >= 15 is 0 Å². The molecule has 0 radical (unpaired) electrons. The molecule has 6 nitrogen and oxygen atoms in total. The van der Waals surface area contributed by atoms with Crippen LogP contribution >= 0.6 is 11.3 Å². The number of carbonyl (C=O) groups excluding carboxylic acids is 1. The van der Waals surface area contributed by atoms with Crippen molar-refractivity contribution in [1.82, 2.24) is 25.1 Å². The number of nitrogens with zero attached hydrogens (tertiary/aromatic N) is 4. The third-order valence-corrected chi connectivity index (χ3v) is 3.93. The highest BCUT2D eigenvalue weighted by Crippen LogP contribution is 2.16. The van der Waals surface area contributed by atoms with Crippen molar-refractivity contribution >= 4 is 29.4 Å². The number of carbonyl (C=O) groups is 1. The van der Waals surface area contributed by atoms with Gasteiger partial charge in [0.1, 0.15) is 22.5 Å². The van der Waals surface area contributed by atoms with E-state index in [1.807, 2.05) is 36.4 Å². The molecular formula is C15H13N5OS. The number of amides is 1. The molecule has 7 heteroatoms. The fourth-order valence-corrected chi connectivity index (χ4v) is 2.61. The van der Waals surface area contributed by atoms with E-state index in [-0.39, 0.29) is 5.91 Å². The Morgan fingerprint density at radius 2 is 2.09 bits per heavy atom. The molecule has 1 N–H and O–H groups in total. The van der Waals surface area contributed by atoms with Crippen molar-refractivity contribution in [3.63, 3.8) is 0 Å². The minimum Gasteiger partial charge on any atom is -0.354 e. The van der Waals surface area contributed by atoms with Gasteiger partial charge < -0.3 is 5.32 Å². The fraction of sp³-hybridized carbons (Fsp3) is 0.0667. The molecule has 1 amide bonds. The second-order valence-electron chi connectivity index (χ2n) is 4.41. The normalized spacial score (nSPS) is 11.0. The standard InChI is InChI=1S/C15H13N5OS/c1-16-15(21)13-8-18-14(22-13)7-4-11-2-5-12(6-3-11)20-10-17-9-19-20/h2-10H,1H3,(H,16,21)/b7-4-. The van der Waals surface area contributed by atoms with Crippen LogP contribution in [0.25, 0.3) is 17.8 Å². The lowest BCUT2D eigenvalue weighted by molar-refractivity contribution is 0.0967. The van der Waals surface area contributed by atoms with Crippen LogP contribution in [0.5, 0.6) is 0 Å². The summed E-state index contributed by atoms with van der Waals surface area (Å²) in [6.07, 6.45) is 8.58. The summed E-state index contributed by atoms with van der Waals surface area (Å²) in [7, 11) is 1.61. The molecule has 0 bridgehead atoms. The molecule has 0 fully saturated rings. The molecule has 2 heterocycles. The van der Waals surface area contributed by atoms with Crippen molar-refractivity contribution in [3.8, 4) is 5.69 Å². The first-order valence-electron chi connectivity index (χ1n) is 6.57. The van der Waals surface area contributed by atoms with Gasteiger partial charge in [0.25, 0.3) is 5.91 Å². The van der Waals surface area contributed by atoms with E-state index in [0.717, 1.165) is 16.3 Å². The Kier molecular flexibility index (Phi) is 4.06. The Hall–Kier alpha value is -2.80. The lowest BCUT2D eigenvalue weighted by atomic mass is 10.2. The highest BCUT2D eigenvalue weighted by atomic mass is 32.1. The fourth-order valence-electron chi connectivity index (χ4n) is 1.84. The zero-order valence-electron chi connectivity index (χ0n) is 11.8. The van der Waals surface area contributed by atoms with Crippen molar-refractivity contribution in [2.75, 3.05) is 7.05 Å². The maximum absolute atomic E-state index is 11.5. The first-order valence-corrected chi connectivity index (χ1v) is 7.39. The van der Waals surface area contributed by atoms with E-state index in [1.165, 1.54) is 17.7 Å². The predicted octanol–water partition coefficient (Wildman–Crippen LogP) is 2.25. The SMILES string of the molecule is CNC(=O)c1cnc(/C=C\c2ccc(-n3cncn3)cc2)s1. The molecule has 0 spiro atoms. The summed E-state index contributed by atoms with van der Waals surface area (Å²) in [6, 6.07) is 7.90. The highest BCUT2D eigenvalue weighted by Gasteiger charge is 2.06. The minimum atomic E-state index is -0.116. The Bertz CT molecular complexity index is 790. The van der Waals surface area contributed by atoms with Crippen molar-refractivity contribution in [3.05, 3.63) is 58.6 Å². The highest BCUT2D eigenvalue weighted by molar-refractivity contribution is 7.14. The van der Waals surface area contributed by atoms with Gasteiger partial charge in [-0.1, -0.05) is 18.2 Å². The van der Waals surface area contributed by atoms with Crippen molar-refractivity contribution in [1.29, 1.82) is 0 Å². The molecule has 3 rings (SSSR count). The molecular weight excluding hydrogens is 298 g/mol. The molecule has 0 saturated heterocycles. The van der Waals surface area contributed by atoms with Crippen LogP contribution in [-0.2, 0) is 0 Å². The van der Waals surface area contributed by atoms with E-state index in [2.05, 4.69) is 20.4 Å². The number of rotatable bonds is 4. The van der Waals surface area contributed by atoms with Crippen LogP contribution < -0.4 is 5.32 Å². The number of hydrogen-bond donors (Lipinski definition) is 1. The third kappa shape index (κ3) is 3.09. The Morgan fingerprint density at radius 1 is 1.27 bits per heavy atom. The van der Waals surface area contributed by atoms with Gasteiger partial charge in [0.15, 0.2) is 0 Å². The van der Waals surface area contributed by atoms with E-state index in [0.29, 0.717) is 4.88 Å². The average Bonchev–Trinajstić information content (AvgIpc) is 3.24. The lowest BCUT2D eigenvalue weighted by Gasteiger charge is -2.00. The molecule has 0 atom stereocenters. The van der Waals surface area contributed by atoms with E-state index in [1.54, 1.807) is 24.3 Å². The molecule has 22 heavy (non-hydrogen) atoms. The Morgan fingerprint density at radius 3 is 2.77 bits per heavy atom. The topological polar surface area (TPSA) is 72.7 Å². The summed E-state index contributed by atoms with van der Waals surface area (Å²) in [5.41, 5.74) is 1.99. The summed E-state index contributed by atoms with van der Waals surface area (Å²) in [5.74, 6) is -0.116. The van der Waals surface area contributed by atoms with Gasteiger partial charge in [-0.3, -0.25) is 4.79 Å². The molecule has 0 aliphatic carbocycles. The van der Waals surface area contributed by atoms with E-state index in [9.17, 15) is 4.79 Å². The zero-order valence-corrected chi connectivity index (χ0v) is 12.6. The number of benzene rings is 1. The monoisotopic (exact) mass is 311 g/mol. The van der Waals surface area contributed by atoms with Gasteiger partial charge in [-0.05, 0) is 23.8 Å². The predicted molar refractivity (Wildman–Crippen MR) is 85.8 cm³/mol. The number of nitrogens with one attached hydrogen (secondary N) is 1. The molecule has 110 valence electrons. The molecule has 0 unspecified atom stereocenters. The van der Waals surface area contributed by atoms with E-state index in [4.69, 9.17) is 0 Å². The van der Waals surface area contributed by atoms with Crippen LogP contribution in [0.2, 0.25) is 0 Å². The summed E-state index contributed by atoms with van der Waals surface area (Å²) in [4.78, 5) is 20.2. The van der Waals surface area contributed by atoms with Crippen molar-refractivity contribution in [2.45, 2.75) is 0 Å². The summed E-state index contributed by atoms with van der Waals surface area (Å²) in [6.45, 7) is 0. The maximum atomic E-state index is 11.5. The largest absolute Gasteiger partial charge is 0.354 e. The van der Waals surface area contributed by atoms with Crippen LogP contribution in [0, 0.1) is 0 Å². The Labute approximate surface area is 131 Å². The van der Waals surface area contributed by atoms with Crippen LogP contribution in [0.15, 0.2) is 43.1 Å². The first kappa shape index (κ1) is 14.2. The van der Waals surface area contributed by atoms with Crippen LogP contribution in [0.3, 0.4) is 0 Å². The lowest BCUT2D eigenvalue weighted by Crippen LogP contribution is -2.16. The quantitative estimate of drug-likeness (QED) is 0.802. The molecule has 3 aromatic rings. The van der Waals surface area contributed by atoms with Crippen LogP contribution in [-0.4, -0.2) is 32.7 Å². The second kappa shape index (κ2) is 6.31. The molecule has 0 aliphatic rings. The van der Waals surface area contributed by atoms with Gasteiger partial charge in [0, 0.05) is 7.05 Å². The molecule has 2 aromatic heterocycles. The summed E-state index contributed by atoms with van der Waals surface area (Å²) >= 11 is 1.35. The van der Waals surface area contributed by atoms with Gasteiger partial charge in [-0.25, -0.2) is 14.6 Å². The van der Waals surface area contributed by atoms with Crippen molar-refractivity contribution < 1.29 is 4.79 Å². The zero-order chi connectivity index (χ0) is 15.4. The van der Waals surface area contributed by atoms with Crippen LogP contribution in [0.4, 0.5) is 0 Å². The third-order valence-electron chi connectivity index (χ3n) is 2.97. The molecule has 0 aliphatic heterocycles. The summed E-state index contributed by atoms with van der Waals surface area (Å²) in [5, 5.41) is 7.45. The molecule has 0 saturated carbocycles. The van der Waals surface area contributed by atoms with Gasteiger partial charge in [0.05, 0.1) is 11.9 Å². The van der Waals surface area contributed by atoms with Gasteiger partial charge >= 0.3 is 0 Å². The van der Waals surface area contributed by atoms with Gasteiger partial charge in [-0.2, -0.15) is 5.10 Å². The first-order chi connectivity index (χ1) is 10.8. The van der Waals surface area contributed by atoms with Gasteiger partial charge in [-0.15, -0.1) is 11.3 Å². The maximum Gasteiger partial charge on any atom is 0.262 e. The number of aromatic nitrogens is 4. The van der Waals surface area contributed by atoms with E-state index < -0.39 is 0 Å². The Balaban J connectivity index is 1.72. The van der Waals surface area contributed by atoms with Crippen LogP contribution in [0.1, 0.15) is 20.2 Å². The van der Waals surface area contributed by atoms with Gasteiger partial charge in [0.2, 0.25) is 0 Å². The average molecular weight is 311 g/mol.